The number of nitrogens with one attached hydrogen (secondary N) is 2. The van der Waals surface area contributed by atoms with Crippen LogP contribution in [-0.2, 0) is 4.79 Å². The molecule has 0 saturated carbocycles. The molecular formula is C20H26N4O3. The number of hydrogen-bond donors (Lipinski definition) is 3. The van der Waals surface area contributed by atoms with Gasteiger partial charge in [-0.25, -0.2) is 4.79 Å². The number of para-hydroxylation sites is 1. The summed E-state index contributed by atoms with van der Waals surface area (Å²) in [6, 6.07) is 15.4. The van der Waals surface area contributed by atoms with Crippen LogP contribution in [0.2, 0.25) is 0 Å². The molecule has 0 saturated heterocycles. The fourth-order valence-electron chi connectivity index (χ4n) is 2.58. The minimum Gasteiger partial charge on any atom is -0.457 e. The lowest BCUT2D eigenvalue weighted by molar-refractivity contribution is -0.130. The Balaban J connectivity index is 2.14. The van der Waals surface area contributed by atoms with Gasteiger partial charge in [0.25, 0.3) is 0 Å². The van der Waals surface area contributed by atoms with E-state index < -0.39 is 12.1 Å². The van der Waals surface area contributed by atoms with Gasteiger partial charge in [-0.3, -0.25) is 4.79 Å². The van der Waals surface area contributed by atoms with Crippen molar-refractivity contribution in [3.05, 3.63) is 60.2 Å². The van der Waals surface area contributed by atoms with E-state index in [9.17, 15) is 9.59 Å². The van der Waals surface area contributed by atoms with Crippen LogP contribution in [0.25, 0.3) is 0 Å². The second-order valence-corrected chi connectivity index (χ2v) is 6.17. The normalized spacial score (nSPS) is 11.5. The van der Waals surface area contributed by atoms with E-state index in [1.807, 2.05) is 55.6 Å². The second-order valence-electron chi connectivity index (χ2n) is 6.17. The van der Waals surface area contributed by atoms with Crippen molar-refractivity contribution in [2.24, 2.45) is 5.73 Å². The van der Waals surface area contributed by atoms with Gasteiger partial charge >= 0.3 is 6.03 Å². The van der Waals surface area contributed by atoms with E-state index in [2.05, 4.69) is 10.6 Å². The lowest BCUT2D eigenvalue weighted by Gasteiger charge is -2.22. The fourth-order valence-corrected chi connectivity index (χ4v) is 2.58. The van der Waals surface area contributed by atoms with E-state index in [0.717, 1.165) is 5.56 Å². The molecule has 4 N–H and O–H groups in total. The van der Waals surface area contributed by atoms with Crippen LogP contribution in [-0.4, -0.2) is 44.0 Å². The van der Waals surface area contributed by atoms with Gasteiger partial charge in [-0.05, 0) is 36.9 Å². The molecule has 0 aliphatic carbocycles. The van der Waals surface area contributed by atoms with Gasteiger partial charge in [0.2, 0.25) is 5.91 Å². The van der Waals surface area contributed by atoms with Gasteiger partial charge in [0.05, 0.1) is 12.5 Å². The molecule has 0 heterocycles. The Morgan fingerprint density at radius 3 is 2.48 bits per heavy atom. The summed E-state index contributed by atoms with van der Waals surface area (Å²) in [7, 11) is 3.56. The molecule has 7 nitrogen and oxygen atoms in total. The van der Waals surface area contributed by atoms with Crippen molar-refractivity contribution in [1.29, 1.82) is 0 Å². The number of amides is 3. The maximum absolute atomic E-state index is 12.5. The molecule has 144 valence electrons. The van der Waals surface area contributed by atoms with Crippen LogP contribution in [0.4, 0.5) is 4.79 Å². The number of likely N-dealkylation sites (N-methyl/N-ethyl adjacent to an activating group) is 2. The number of carbonyl (C=O) groups excluding carboxylic acids is 2. The average Bonchev–Trinajstić information content (AvgIpc) is 2.66. The fraction of sp³-hybridized carbons (Fsp3) is 0.300. The lowest BCUT2D eigenvalue weighted by Crippen LogP contribution is -2.38. The van der Waals surface area contributed by atoms with Crippen LogP contribution in [0, 0.1) is 0 Å². The number of nitrogens with two attached hydrogens (primary N) is 1. The standard InChI is InChI=1S/C20H26N4O3/c1-22-11-12-24(2)19(25)14-18(23-20(21)26)15-7-6-10-17(13-15)27-16-8-4-3-5-9-16/h3-10,13,18,22H,11-12,14H2,1-2H3,(H3,21,23,26). The first-order valence-electron chi connectivity index (χ1n) is 8.77. The summed E-state index contributed by atoms with van der Waals surface area (Å²) in [4.78, 5) is 25.5. The molecular weight excluding hydrogens is 344 g/mol. The molecule has 0 radical (unpaired) electrons. The Labute approximate surface area is 159 Å². The van der Waals surface area contributed by atoms with E-state index in [1.54, 1.807) is 18.0 Å². The number of primary amides is 1. The molecule has 7 heteroatoms. The van der Waals surface area contributed by atoms with Crippen LogP contribution < -0.4 is 21.1 Å². The number of benzene rings is 2. The third-order valence-corrected chi connectivity index (χ3v) is 4.06. The van der Waals surface area contributed by atoms with Gasteiger partial charge in [0.1, 0.15) is 11.5 Å². The summed E-state index contributed by atoms with van der Waals surface area (Å²) < 4.78 is 5.83. The molecule has 2 aromatic carbocycles. The Kier molecular flexibility index (Phi) is 7.63. The van der Waals surface area contributed by atoms with Gasteiger partial charge in [-0.15, -0.1) is 0 Å². The van der Waals surface area contributed by atoms with Crippen LogP contribution in [0.15, 0.2) is 54.6 Å². The highest BCUT2D eigenvalue weighted by Gasteiger charge is 2.20. The largest absolute Gasteiger partial charge is 0.457 e. The van der Waals surface area contributed by atoms with E-state index in [1.165, 1.54) is 0 Å². The maximum Gasteiger partial charge on any atom is 0.312 e. The minimum absolute atomic E-state index is 0.0848. The van der Waals surface area contributed by atoms with Gasteiger partial charge in [0, 0.05) is 20.1 Å². The molecule has 0 fully saturated rings. The van der Waals surface area contributed by atoms with E-state index in [4.69, 9.17) is 10.5 Å². The molecule has 0 aliphatic rings. The molecule has 0 spiro atoms. The molecule has 0 aromatic heterocycles. The topological polar surface area (TPSA) is 96.7 Å². The second kappa shape index (κ2) is 10.2. The van der Waals surface area contributed by atoms with Gasteiger partial charge in [-0.1, -0.05) is 30.3 Å². The summed E-state index contributed by atoms with van der Waals surface area (Å²) in [5.41, 5.74) is 6.06. The number of nitrogens with zero attached hydrogens (tertiary/aromatic N) is 1. The van der Waals surface area contributed by atoms with Gasteiger partial charge in [-0.2, -0.15) is 0 Å². The Morgan fingerprint density at radius 1 is 1.11 bits per heavy atom. The zero-order valence-corrected chi connectivity index (χ0v) is 15.6. The van der Waals surface area contributed by atoms with Gasteiger partial charge < -0.3 is 26.0 Å². The van der Waals surface area contributed by atoms with Crippen molar-refractivity contribution in [1.82, 2.24) is 15.5 Å². The summed E-state index contributed by atoms with van der Waals surface area (Å²) in [5.74, 6) is 1.24. The molecule has 0 bridgehead atoms. The third-order valence-electron chi connectivity index (χ3n) is 4.06. The maximum atomic E-state index is 12.5. The predicted molar refractivity (Wildman–Crippen MR) is 105 cm³/mol. The van der Waals surface area contributed by atoms with Crippen molar-refractivity contribution >= 4 is 11.9 Å². The molecule has 1 atom stereocenters. The monoisotopic (exact) mass is 370 g/mol. The number of ether oxygens (including phenoxy) is 1. The Bertz CT molecular complexity index is 752. The van der Waals surface area contributed by atoms with Crippen molar-refractivity contribution in [3.63, 3.8) is 0 Å². The van der Waals surface area contributed by atoms with Crippen LogP contribution in [0.1, 0.15) is 18.0 Å². The molecule has 27 heavy (non-hydrogen) atoms. The third kappa shape index (κ3) is 6.63. The lowest BCUT2D eigenvalue weighted by atomic mass is 10.0. The highest BCUT2D eigenvalue weighted by molar-refractivity contribution is 5.78. The average molecular weight is 370 g/mol. The quantitative estimate of drug-likeness (QED) is 0.631. The molecule has 2 aromatic rings. The molecule has 0 aliphatic heterocycles. The zero-order valence-electron chi connectivity index (χ0n) is 15.6. The first-order chi connectivity index (χ1) is 13.0. The Hall–Kier alpha value is -3.06. The highest BCUT2D eigenvalue weighted by Crippen LogP contribution is 2.26. The van der Waals surface area contributed by atoms with Crippen LogP contribution in [0.3, 0.4) is 0 Å². The summed E-state index contributed by atoms with van der Waals surface area (Å²) in [6.45, 7) is 1.27. The molecule has 2 rings (SSSR count). The van der Waals surface area contributed by atoms with Crippen molar-refractivity contribution in [2.45, 2.75) is 12.5 Å². The summed E-state index contributed by atoms with van der Waals surface area (Å²) >= 11 is 0. The van der Waals surface area contributed by atoms with E-state index in [0.29, 0.717) is 24.6 Å². The van der Waals surface area contributed by atoms with E-state index in [-0.39, 0.29) is 12.3 Å². The number of rotatable bonds is 9. The summed E-state index contributed by atoms with van der Waals surface area (Å²) in [5, 5.41) is 5.65. The number of urea groups is 1. The first-order valence-corrected chi connectivity index (χ1v) is 8.77. The summed E-state index contributed by atoms with van der Waals surface area (Å²) in [6.07, 6.45) is 0.109. The predicted octanol–water partition coefficient (Wildman–Crippen LogP) is 2.26. The minimum atomic E-state index is -0.681. The smallest absolute Gasteiger partial charge is 0.312 e. The van der Waals surface area contributed by atoms with Crippen molar-refractivity contribution in [2.75, 3.05) is 27.2 Å². The van der Waals surface area contributed by atoms with Crippen LogP contribution >= 0.6 is 0 Å². The SMILES string of the molecule is CNCCN(C)C(=O)CC(NC(N)=O)c1cccc(Oc2ccccc2)c1. The Morgan fingerprint density at radius 2 is 1.81 bits per heavy atom. The van der Waals surface area contributed by atoms with Crippen molar-refractivity contribution in [3.8, 4) is 11.5 Å². The van der Waals surface area contributed by atoms with E-state index >= 15 is 0 Å². The molecule has 1 unspecified atom stereocenters. The van der Waals surface area contributed by atoms with Crippen molar-refractivity contribution < 1.29 is 14.3 Å². The van der Waals surface area contributed by atoms with Gasteiger partial charge in [0.15, 0.2) is 0 Å². The molecule has 3 amide bonds. The van der Waals surface area contributed by atoms with Crippen LogP contribution in [0.5, 0.6) is 11.5 Å². The highest BCUT2D eigenvalue weighted by atomic mass is 16.5. The number of carbonyl (C=O) groups is 2. The zero-order chi connectivity index (χ0) is 19.6. The first kappa shape index (κ1) is 20.3. The number of hydrogen-bond acceptors (Lipinski definition) is 4.